The van der Waals surface area contributed by atoms with Gasteiger partial charge >= 0.3 is 0 Å². The van der Waals surface area contributed by atoms with E-state index in [1.807, 2.05) is 17.0 Å². The molecule has 2 amide bonds. The van der Waals surface area contributed by atoms with Crippen LogP contribution in [0, 0.1) is 11.8 Å². The third-order valence-corrected chi connectivity index (χ3v) is 6.59. The molecule has 26 heavy (non-hydrogen) atoms. The standard InChI is InChI=1S/C22H30N2O2/c1-15-14-18-6-2-5-9-20(18)24(15)22(26)17-12-10-16(11-13-17)21(25)23-19-7-3-4-8-19/h2,5-6,9,15-17,19H,3-4,7-8,10-14H2,1H3,(H,23,25). The van der Waals surface area contributed by atoms with E-state index in [9.17, 15) is 9.59 Å². The molecular weight excluding hydrogens is 324 g/mol. The van der Waals surface area contributed by atoms with Crippen molar-refractivity contribution in [3.63, 3.8) is 0 Å². The van der Waals surface area contributed by atoms with Gasteiger partial charge in [-0.25, -0.2) is 0 Å². The maximum absolute atomic E-state index is 13.2. The van der Waals surface area contributed by atoms with Crippen LogP contribution in [0.5, 0.6) is 0 Å². The van der Waals surface area contributed by atoms with Crippen molar-refractivity contribution in [2.24, 2.45) is 11.8 Å². The Morgan fingerprint density at radius 1 is 0.962 bits per heavy atom. The van der Waals surface area contributed by atoms with Gasteiger partial charge < -0.3 is 10.2 Å². The van der Waals surface area contributed by atoms with Crippen molar-refractivity contribution in [2.75, 3.05) is 4.90 Å². The monoisotopic (exact) mass is 354 g/mol. The average Bonchev–Trinajstić information content (AvgIpc) is 3.27. The Morgan fingerprint density at radius 2 is 1.62 bits per heavy atom. The lowest BCUT2D eigenvalue weighted by Gasteiger charge is -2.32. The average molecular weight is 354 g/mol. The molecule has 140 valence electrons. The molecule has 1 aromatic carbocycles. The SMILES string of the molecule is CC1Cc2ccccc2N1C(=O)C1CCC(C(=O)NC2CCCC2)CC1. The van der Waals surface area contributed by atoms with Crippen molar-refractivity contribution in [3.8, 4) is 0 Å². The molecule has 4 nitrogen and oxygen atoms in total. The molecule has 1 aromatic rings. The molecule has 0 spiro atoms. The first-order valence-electron chi connectivity index (χ1n) is 10.3. The van der Waals surface area contributed by atoms with Crippen molar-refractivity contribution >= 4 is 17.5 Å². The van der Waals surface area contributed by atoms with Crippen LogP contribution >= 0.6 is 0 Å². The minimum Gasteiger partial charge on any atom is -0.353 e. The van der Waals surface area contributed by atoms with Crippen LogP contribution in [0.1, 0.15) is 63.9 Å². The van der Waals surface area contributed by atoms with Gasteiger partial charge in [0.05, 0.1) is 0 Å². The zero-order chi connectivity index (χ0) is 18.1. The number of hydrogen-bond donors (Lipinski definition) is 1. The van der Waals surface area contributed by atoms with Crippen LogP contribution in [0.3, 0.4) is 0 Å². The fraction of sp³-hybridized carbons (Fsp3) is 0.636. The van der Waals surface area contributed by atoms with Crippen molar-refractivity contribution in [1.82, 2.24) is 5.32 Å². The summed E-state index contributed by atoms with van der Waals surface area (Å²) in [5.41, 5.74) is 2.36. The maximum Gasteiger partial charge on any atom is 0.230 e. The van der Waals surface area contributed by atoms with Crippen molar-refractivity contribution < 1.29 is 9.59 Å². The van der Waals surface area contributed by atoms with Crippen LogP contribution in [-0.4, -0.2) is 23.9 Å². The van der Waals surface area contributed by atoms with Gasteiger partial charge in [-0.2, -0.15) is 0 Å². The fourth-order valence-corrected chi connectivity index (χ4v) is 5.09. The third kappa shape index (κ3) is 3.38. The summed E-state index contributed by atoms with van der Waals surface area (Å²) in [7, 11) is 0. The Labute approximate surface area is 156 Å². The van der Waals surface area contributed by atoms with E-state index < -0.39 is 0 Å². The fourth-order valence-electron chi connectivity index (χ4n) is 5.09. The highest BCUT2D eigenvalue weighted by Gasteiger charge is 2.37. The second-order valence-electron chi connectivity index (χ2n) is 8.43. The third-order valence-electron chi connectivity index (χ3n) is 6.59. The Balaban J connectivity index is 1.34. The van der Waals surface area contributed by atoms with Gasteiger partial charge in [-0.05, 0) is 63.5 Å². The minimum absolute atomic E-state index is 0.0686. The Morgan fingerprint density at radius 3 is 2.35 bits per heavy atom. The molecular formula is C22H30N2O2. The predicted molar refractivity (Wildman–Crippen MR) is 103 cm³/mol. The predicted octanol–water partition coefficient (Wildman–Crippen LogP) is 3.83. The number of nitrogens with zero attached hydrogens (tertiary/aromatic N) is 1. The van der Waals surface area contributed by atoms with E-state index in [4.69, 9.17) is 0 Å². The molecule has 0 bridgehead atoms. The van der Waals surface area contributed by atoms with Crippen molar-refractivity contribution in [2.45, 2.75) is 76.8 Å². The molecule has 2 fully saturated rings. The number of benzene rings is 1. The van der Waals surface area contributed by atoms with Gasteiger partial charge in [0, 0.05) is 29.6 Å². The highest BCUT2D eigenvalue weighted by molar-refractivity contribution is 5.97. The topological polar surface area (TPSA) is 49.4 Å². The van der Waals surface area contributed by atoms with Crippen LogP contribution < -0.4 is 10.2 Å². The number of anilines is 1. The molecule has 3 aliphatic rings. The van der Waals surface area contributed by atoms with Crippen LogP contribution in [0.25, 0.3) is 0 Å². The Bertz CT molecular complexity index is 672. The summed E-state index contributed by atoms with van der Waals surface area (Å²) in [6.45, 7) is 2.14. The minimum atomic E-state index is 0.0686. The molecule has 1 unspecified atom stereocenters. The van der Waals surface area contributed by atoms with E-state index in [1.165, 1.54) is 18.4 Å². The Kier molecular flexibility index (Phi) is 5.01. The summed E-state index contributed by atoms with van der Waals surface area (Å²) < 4.78 is 0. The number of hydrogen-bond acceptors (Lipinski definition) is 2. The van der Waals surface area contributed by atoms with Crippen LogP contribution in [0.15, 0.2) is 24.3 Å². The molecule has 0 aromatic heterocycles. The summed E-state index contributed by atoms with van der Waals surface area (Å²) in [6, 6.07) is 8.89. The molecule has 0 saturated heterocycles. The summed E-state index contributed by atoms with van der Waals surface area (Å²) >= 11 is 0. The number of amides is 2. The van der Waals surface area contributed by atoms with E-state index in [1.54, 1.807) is 0 Å². The highest BCUT2D eigenvalue weighted by atomic mass is 16.2. The highest BCUT2D eigenvalue weighted by Crippen LogP contribution is 2.37. The molecule has 1 heterocycles. The van der Waals surface area contributed by atoms with E-state index >= 15 is 0 Å². The number of carbonyl (C=O) groups excluding carboxylic acids is 2. The summed E-state index contributed by atoms with van der Waals surface area (Å²) in [4.78, 5) is 27.7. The molecule has 1 atom stereocenters. The van der Waals surface area contributed by atoms with Crippen molar-refractivity contribution in [1.29, 1.82) is 0 Å². The lowest BCUT2D eigenvalue weighted by atomic mass is 9.80. The van der Waals surface area contributed by atoms with Gasteiger partial charge in [-0.3, -0.25) is 9.59 Å². The molecule has 0 radical (unpaired) electrons. The van der Waals surface area contributed by atoms with E-state index in [-0.39, 0.29) is 29.7 Å². The first-order valence-corrected chi connectivity index (χ1v) is 10.3. The first kappa shape index (κ1) is 17.6. The quantitative estimate of drug-likeness (QED) is 0.897. The first-order chi connectivity index (χ1) is 12.6. The van der Waals surface area contributed by atoms with Gasteiger partial charge in [-0.1, -0.05) is 31.0 Å². The zero-order valence-electron chi connectivity index (χ0n) is 15.7. The number of para-hydroxylation sites is 1. The number of nitrogens with one attached hydrogen (secondary N) is 1. The number of fused-ring (bicyclic) bond motifs is 1. The van der Waals surface area contributed by atoms with Gasteiger partial charge in [0.25, 0.3) is 0 Å². The van der Waals surface area contributed by atoms with Crippen LogP contribution in [0.2, 0.25) is 0 Å². The summed E-state index contributed by atoms with van der Waals surface area (Å²) in [6.07, 6.45) is 9.06. The molecule has 2 saturated carbocycles. The number of carbonyl (C=O) groups is 2. The van der Waals surface area contributed by atoms with Crippen LogP contribution in [0.4, 0.5) is 5.69 Å². The van der Waals surface area contributed by atoms with Gasteiger partial charge in [0.1, 0.15) is 0 Å². The molecule has 2 aliphatic carbocycles. The van der Waals surface area contributed by atoms with Gasteiger partial charge in [-0.15, -0.1) is 0 Å². The zero-order valence-corrected chi connectivity index (χ0v) is 15.7. The smallest absolute Gasteiger partial charge is 0.230 e. The molecule has 1 N–H and O–H groups in total. The normalized spacial score (nSPS) is 28.8. The Hall–Kier alpha value is -1.84. The second-order valence-corrected chi connectivity index (χ2v) is 8.43. The van der Waals surface area contributed by atoms with E-state index in [0.29, 0.717) is 6.04 Å². The van der Waals surface area contributed by atoms with E-state index in [0.717, 1.165) is 50.6 Å². The molecule has 4 rings (SSSR count). The molecule has 4 heteroatoms. The summed E-state index contributed by atoms with van der Waals surface area (Å²) in [5.74, 6) is 0.655. The lowest BCUT2D eigenvalue weighted by Crippen LogP contribution is -2.43. The van der Waals surface area contributed by atoms with Crippen LogP contribution in [-0.2, 0) is 16.0 Å². The number of rotatable bonds is 3. The van der Waals surface area contributed by atoms with Gasteiger partial charge in [0.2, 0.25) is 11.8 Å². The maximum atomic E-state index is 13.2. The summed E-state index contributed by atoms with van der Waals surface area (Å²) in [5, 5.41) is 3.23. The van der Waals surface area contributed by atoms with Gasteiger partial charge in [0.15, 0.2) is 0 Å². The largest absolute Gasteiger partial charge is 0.353 e. The second kappa shape index (κ2) is 7.42. The molecule has 1 aliphatic heterocycles. The van der Waals surface area contributed by atoms with E-state index in [2.05, 4.69) is 24.4 Å². The lowest BCUT2D eigenvalue weighted by molar-refractivity contribution is -0.129. The van der Waals surface area contributed by atoms with Crippen molar-refractivity contribution in [3.05, 3.63) is 29.8 Å².